The van der Waals surface area contributed by atoms with E-state index in [1.807, 2.05) is 11.5 Å². The molecule has 4 N–H and O–H groups in total. The van der Waals surface area contributed by atoms with Crippen molar-refractivity contribution in [2.45, 2.75) is 51.1 Å². The number of nitrogens with one attached hydrogen (secondary N) is 2. The normalized spacial score (nSPS) is 23.2. The largest absolute Gasteiger partial charge is 0.368 e. The third-order valence-corrected chi connectivity index (χ3v) is 4.51. The number of carbonyl (C=O) groups is 1. The lowest BCUT2D eigenvalue weighted by molar-refractivity contribution is 0.0905. The van der Waals surface area contributed by atoms with Crippen LogP contribution in [0.25, 0.3) is 0 Å². The molecule has 5 nitrogen and oxygen atoms in total. The average Bonchev–Trinajstić information content (AvgIpc) is 2.86. The Kier molecular flexibility index (Phi) is 3.81. The summed E-state index contributed by atoms with van der Waals surface area (Å²) in [4.78, 5) is 12.2. The van der Waals surface area contributed by atoms with Crippen molar-refractivity contribution in [2.75, 3.05) is 18.4 Å². The van der Waals surface area contributed by atoms with E-state index in [-0.39, 0.29) is 12.1 Å². The van der Waals surface area contributed by atoms with Crippen LogP contribution in [-0.4, -0.2) is 29.7 Å². The lowest BCUT2D eigenvalue weighted by Gasteiger charge is -2.27. The van der Waals surface area contributed by atoms with Gasteiger partial charge in [0.2, 0.25) is 5.91 Å². The van der Waals surface area contributed by atoms with Gasteiger partial charge in [0.05, 0.1) is 11.9 Å². The minimum Gasteiger partial charge on any atom is -0.368 e. The Morgan fingerprint density at radius 2 is 2.15 bits per heavy atom. The van der Waals surface area contributed by atoms with Gasteiger partial charge < -0.3 is 16.4 Å². The Morgan fingerprint density at radius 1 is 1.40 bits per heavy atom. The van der Waals surface area contributed by atoms with Crippen LogP contribution in [0.5, 0.6) is 0 Å². The van der Waals surface area contributed by atoms with E-state index < -0.39 is 0 Å². The molecule has 0 spiro atoms. The minimum absolute atomic E-state index is 0.00976. The summed E-state index contributed by atoms with van der Waals surface area (Å²) in [6.07, 6.45) is 6.66. The molecule has 5 heteroatoms. The van der Waals surface area contributed by atoms with Gasteiger partial charge in [-0.3, -0.25) is 9.36 Å². The lowest BCUT2D eigenvalue weighted by atomic mass is 9.90. The lowest BCUT2D eigenvalue weighted by Crippen LogP contribution is -2.35. The van der Waals surface area contributed by atoms with E-state index in [2.05, 4.69) is 16.8 Å². The summed E-state index contributed by atoms with van der Waals surface area (Å²) in [5.41, 5.74) is 9.61. The molecule has 1 fully saturated rings. The third kappa shape index (κ3) is 2.36. The molecule has 1 aromatic rings. The number of aromatic nitrogens is 1. The number of rotatable bonds is 2. The maximum atomic E-state index is 12.2. The van der Waals surface area contributed by atoms with Crippen molar-refractivity contribution >= 4 is 11.6 Å². The highest BCUT2D eigenvalue weighted by molar-refractivity contribution is 5.82. The van der Waals surface area contributed by atoms with E-state index in [4.69, 9.17) is 5.73 Å². The van der Waals surface area contributed by atoms with Crippen molar-refractivity contribution < 1.29 is 4.79 Å². The number of hydrogen-bond donors (Lipinski definition) is 3. The zero-order valence-corrected chi connectivity index (χ0v) is 12.1. The first-order chi connectivity index (χ1) is 9.70. The zero-order valence-electron chi connectivity index (χ0n) is 12.1. The molecule has 1 saturated heterocycles. The van der Waals surface area contributed by atoms with E-state index in [1.54, 1.807) is 0 Å². The second-order valence-corrected chi connectivity index (χ2v) is 5.84. The number of carbonyl (C=O) groups excluding carboxylic acids is 1. The van der Waals surface area contributed by atoms with Crippen LogP contribution in [0, 0.1) is 0 Å². The van der Waals surface area contributed by atoms with Crippen molar-refractivity contribution in [1.82, 2.24) is 9.88 Å². The average molecular weight is 276 g/mol. The molecule has 1 atom stereocenters. The van der Waals surface area contributed by atoms with Crippen LogP contribution in [0.1, 0.15) is 54.6 Å². The van der Waals surface area contributed by atoms with Gasteiger partial charge in [-0.1, -0.05) is 6.92 Å². The maximum Gasteiger partial charge on any atom is 0.230 e. The summed E-state index contributed by atoms with van der Waals surface area (Å²) in [5.74, 6) is 0.715. The highest BCUT2D eigenvalue weighted by Gasteiger charge is 2.28. The van der Waals surface area contributed by atoms with Crippen molar-refractivity contribution in [3.8, 4) is 0 Å². The summed E-state index contributed by atoms with van der Waals surface area (Å²) in [6.45, 7) is 4.03. The van der Waals surface area contributed by atoms with Crippen LogP contribution in [0.2, 0.25) is 0 Å². The first-order valence-electron chi connectivity index (χ1n) is 7.70. The predicted octanol–water partition coefficient (Wildman–Crippen LogP) is 1.65. The highest BCUT2D eigenvalue weighted by Crippen LogP contribution is 2.37. The SMILES string of the molecule is CCC(=O)n1cc(C2CCNCC2)c2c1CCC(N)N2. The number of anilines is 1. The molecular formula is C15H24N4O. The molecule has 0 saturated carbocycles. The quantitative estimate of drug-likeness (QED) is 0.768. The molecule has 0 aliphatic carbocycles. The Morgan fingerprint density at radius 3 is 2.85 bits per heavy atom. The van der Waals surface area contributed by atoms with E-state index in [0.717, 1.165) is 50.2 Å². The van der Waals surface area contributed by atoms with Crippen molar-refractivity contribution in [3.63, 3.8) is 0 Å². The Hall–Kier alpha value is -1.33. The monoisotopic (exact) mass is 276 g/mol. The molecule has 3 heterocycles. The highest BCUT2D eigenvalue weighted by atomic mass is 16.2. The van der Waals surface area contributed by atoms with E-state index >= 15 is 0 Å². The van der Waals surface area contributed by atoms with Gasteiger partial charge in [0.25, 0.3) is 0 Å². The topological polar surface area (TPSA) is 72.1 Å². The fraction of sp³-hybridized carbons (Fsp3) is 0.667. The first-order valence-corrected chi connectivity index (χ1v) is 7.70. The molecule has 0 amide bonds. The summed E-state index contributed by atoms with van der Waals surface area (Å²) in [6, 6.07) is 0. The maximum absolute atomic E-state index is 12.2. The van der Waals surface area contributed by atoms with Gasteiger partial charge in [-0.2, -0.15) is 0 Å². The molecule has 0 radical (unpaired) electrons. The number of piperidine rings is 1. The van der Waals surface area contributed by atoms with Crippen molar-refractivity contribution in [1.29, 1.82) is 0 Å². The fourth-order valence-corrected chi connectivity index (χ4v) is 3.37. The smallest absolute Gasteiger partial charge is 0.230 e. The first kappa shape index (κ1) is 13.6. The van der Waals surface area contributed by atoms with E-state index in [9.17, 15) is 4.79 Å². The second kappa shape index (κ2) is 5.58. The van der Waals surface area contributed by atoms with Crippen LogP contribution in [0.15, 0.2) is 6.20 Å². The molecule has 0 aromatic carbocycles. The van der Waals surface area contributed by atoms with Gasteiger partial charge in [0.1, 0.15) is 0 Å². The van der Waals surface area contributed by atoms with Crippen LogP contribution in [0.3, 0.4) is 0 Å². The fourth-order valence-electron chi connectivity index (χ4n) is 3.37. The van der Waals surface area contributed by atoms with Crippen molar-refractivity contribution in [3.05, 3.63) is 17.5 Å². The molecule has 0 bridgehead atoms. The van der Waals surface area contributed by atoms with Gasteiger partial charge in [-0.25, -0.2) is 0 Å². The summed E-state index contributed by atoms with van der Waals surface area (Å²) in [7, 11) is 0. The van der Waals surface area contributed by atoms with Gasteiger partial charge >= 0.3 is 0 Å². The van der Waals surface area contributed by atoms with Crippen LogP contribution in [0.4, 0.5) is 5.69 Å². The standard InChI is InChI=1S/C15H24N4O/c1-2-14(20)19-9-11(10-5-7-17-8-6-10)15-12(19)3-4-13(16)18-15/h9-10,13,17-18H,2-8,16H2,1H3. The molecular weight excluding hydrogens is 252 g/mol. The Labute approximate surface area is 119 Å². The molecule has 20 heavy (non-hydrogen) atoms. The third-order valence-electron chi connectivity index (χ3n) is 4.51. The Balaban J connectivity index is 2.00. The number of nitrogens with two attached hydrogens (primary N) is 1. The minimum atomic E-state index is 0.00976. The summed E-state index contributed by atoms with van der Waals surface area (Å²) >= 11 is 0. The van der Waals surface area contributed by atoms with Crippen LogP contribution in [-0.2, 0) is 6.42 Å². The van der Waals surface area contributed by atoms with Gasteiger partial charge in [-0.05, 0) is 50.3 Å². The number of nitrogens with zero attached hydrogens (tertiary/aromatic N) is 1. The molecule has 2 aliphatic rings. The summed E-state index contributed by atoms with van der Waals surface area (Å²) in [5, 5.41) is 6.80. The molecule has 110 valence electrons. The summed E-state index contributed by atoms with van der Waals surface area (Å²) < 4.78 is 1.87. The molecule has 1 unspecified atom stereocenters. The van der Waals surface area contributed by atoms with Gasteiger partial charge in [0, 0.05) is 18.3 Å². The zero-order chi connectivity index (χ0) is 14.1. The molecule has 1 aromatic heterocycles. The number of hydrogen-bond acceptors (Lipinski definition) is 4. The van der Waals surface area contributed by atoms with Gasteiger partial charge in [-0.15, -0.1) is 0 Å². The van der Waals surface area contributed by atoms with Gasteiger partial charge in [0.15, 0.2) is 0 Å². The Bertz CT molecular complexity index is 502. The van der Waals surface area contributed by atoms with Crippen molar-refractivity contribution in [2.24, 2.45) is 5.73 Å². The molecule has 2 aliphatic heterocycles. The predicted molar refractivity (Wildman–Crippen MR) is 80.1 cm³/mol. The van der Waals surface area contributed by atoms with E-state index in [0.29, 0.717) is 12.3 Å². The van der Waals surface area contributed by atoms with E-state index in [1.165, 1.54) is 5.56 Å². The van der Waals surface area contributed by atoms with Crippen LogP contribution >= 0.6 is 0 Å². The number of fused-ring (bicyclic) bond motifs is 1. The van der Waals surface area contributed by atoms with Crippen LogP contribution < -0.4 is 16.4 Å². The molecule has 3 rings (SSSR count). The second-order valence-electron chi connectivity index (χ2n) is 5.84.